The van der Waals surface area contributed by atoms with Gasteiger partial charge in [-0.15, -0.1) is 0 Å². The van der Waals surface area contributed by atoms with E-state index in [0.717, 1.165) is 26.1 Å². The van der Waals surface area contributed by atoms with Crippen LogP contribution < -0.4 is 10.6 Å². The molecule has 1 heterocycles. The number of rotatable bonds is 7. The molecule has 0 radical (unpaired) electrons. The Morgan fingerprint density at radius 3 is 2.86 bits per heavy atom. The van der Waals surface area contributed by atoms with Crippen molar-refractivity contribution in [2.75, 3.05) is 31.6 Å². The van der Waals surface area contributed by atoms with Gasteiger partial charge in [-0.3, -0.25) is 4.79 Å². The summed E-state index contributed by atoms with van der Waals surface area (Å²) in [4.78, 5) is 11.3. The normalized spacial score (nSPS) is 16.4. The van der Waals surface area contributed by atoms with Crippen molar-refractivity contribution in [3.63, 3.8) is 0 Å². The predicted molar refractivity (Wildman–Crippen MR) is 61.6 cm³/mol. The van der Waals surface area contributed by atoms with Crippen LogP contribution in [0.1, 0.15) is 19.3 Å². The van der Waals surface area contributed by atoms with Gasteiger partial charge in [0.1, 0.15) is 0 Å². The van der Waals surface area contributed by atoms with E-state index < -0.39 is 0 Å². The van der Waals surface area contributed by atoms with E-state index in [-0.39, 0.29) is 5.91 Å². The lowest BCUT2D eigenvalue weighted by molar-refractivity contribution is -0.122. The van der Waals surface area contributed by atoms with Crippen LogP contribution in [0.3, 0.4) is 0 Å². The monoisotopic (exact) mass is 216 g/mol. The highest BCUT2D eigenvalue weighted by Gasteiger charge is 2.19. The van der Waals surface area contributed by atoms with Crippen LogP contribution in [0, 0.1) is 5.92 Å². The molecule has 1 aliphatic rings. The molecule has 3 nitrogen and oxygen atoms in total. The Labute approximate surface area is 90.4 Å². The predicted octanol–water partition coefficient (Wildman–Crippen LogP) is 0.855. The van der Waals surface area contributed by atoms with Crippen molar-refractivity contribution in [2.24, 2.45) is 5.92 Å². The van der Waals surface area contributed by atoms with Gasteiger partial charge in [-0.2, -0.15) is 11.8 Å². The molecule has 2 N–H and O–H groups in total. The molecule has 1 amide bonds. The lowest BCUT2D eigenvalue weighted by atomic mass is 9.99. The number of carbonyl (C=O) groups excluding carboxylic acids is 1. The Bertz CT molecular complexity index is 172. The zero-order valence-electron chi connectivity index (χ0n) is 8.84. The molecule has 4 heteroatoms. The van der Waals surface area contributed by atoms with Crippen molar-refractivity contribution >= 4 is 17.7 Å². The van der Waals surface area contributed by atoms with E-state index in [9.17, 15) is 4.79 Å². The fourth-order valence-electron chi connectivity index (χ4n) is 1.43. The molecular weight excluding hydrogens is 196 g/mol. The highest BCUT2D eigenvalue weighted by Crippen LogP contribution is 2.07. The number of hydrogen-bond acceptors (Lipinski definition) is 3. The molecule has 0 bridgehead atoms. The summed E-state index contributed by atoms with van der Waals surface area (Å²) in [6.45, 7) is 2.87. The molecule has 0 spiro atoms. The van der Waals surface area contributed by atoms with E-state index >= 15 is 0 Å². The first-order chi connectivity index (χ1) is 6.83. The first-order valence-electron chi connectivity index (χ1n) is 5.29. The van der Waals surface area contributed by atoms with E-state index in [1.165, 1.54) is 12.2 Å². The molecule has 14 heavy (non-hydrogen) atoms. The van der Waals surface area contributed by atoms with Gasteiger partial charge < -0.3 is 10.6 Å². The van der Waals surface area contributed by atoms with Crippen molar-refractivity contribution in [1.82, 2.24) is 10.6 Å². The van der Waals surface area contributed by atoms with Crippen molar-refractivity contribution in [3.8, 4) is 0 Å². The summed E-state index contributed by atoms with van der Waals surface area (Å²) >= 11 is 1.86. The summed E-state index contributed by atoms with van der Waals surface area (Å²) in [5.41, 5.74) is 0. The minimum Gasteiger partial charge on any atom is -0.356 e. The number of hydrogen-bond donors (Lipinski definition) is 2. The van der Waals surface area contributed by atoms with Crippen LogP contribution in [0.4, 0.5) is 0 Å². The van der Waals surface area contributed by atoms with Crippen LogP contribution in [0.5, 0.6) is 0 Å². The van der Waals surface area contributed by atoms with Gasteiger partial charge in [-0.25, -0.2) is 0 Å². The van der Waals surface area contributed by atoms with E-state index in [4.69, 9.17) is 0 Å². The van der Waals surface area contributed by atoms with E-state index in [0.29, 0.717) is 12.3 Å². The second kappa shape index (κ2) is 7.12. The lowest BCUT2D eigenvalue weighted by Crippen LogP contribution is -2.44. The first-order valence-corrected chi connectivity index (χ1v) is 6.68. The van der Waals surface area contributed by atoms with Crippen molar-refractivity contribution in [2.45, 2.75) is 19.3 Å². The van der Waals surface area contributed by atoms with Crippen molar-refractivity contribution < 1.29 is 4.79 Å². The Kier molecular flexibility index (Phi) is 6.03. The van der Waals surface area contributed by atoms with Crippen LogP contribution in [-0.4, -0.2) is 37.6 Å². The molecule has 82 valence electrons. The molecule has 1 fully saturated rings. The number of thioether (sulfide) groups is 1. The molecule has 0 aromatic rings. The van der Waals surface area contributed by atoms with Crippen LogP contribution in [0.2, 0.25) is 0 Å². The zero-order valence-corrected chi connectivity index (χ0v) is 9.66. The third kappa shape index (κ3) is 4.86. The molecule has 1 saturated heterocycles. The van der Waals surface area contributed by atoms with E-state index in [1.807, 2.05) is 11.8 Å². The molecule has 0 aromatic heterocycles. The quantitative estimate of drug-likeness (QED) is 0.620. The molecule has 0 unspecified atom stereocenters. The summed E-state index contributed by atoms with van der Waals surface area (Å²) in [5, 5.41) is 6.13. The highest BCUT2D eigenvalue weighted by atomic mass is 32.2. The summed E-state index contributed by atoms with van der Waals surface area (Å²) in [6, 6.07) is 0. The maximum atomic E-state index is 11.3. The number of unbranched alkanes of at least 4 members (excludes halogenated alkanes) is 1. The van der Waals surface area contributed by atoms with Crippen LogP contribution in [-0.2, 0) is 4.79 Å². The smallest absolute Gasteiger partial charge is 0.220 e. The summed E-state index contributed by atoms with van der Waals surface area (Å²) in [5.74, 6) is 2.00. The minimum atomic E-state index is 0.223. The summed E-state index contributed by atoms with van der Waals surface area (Å²) in [7, 11) is 0. The number of amides is 1. The van der Waals surface area contributed by atoms with Crippen LogP contribution in [0.15, 0.2) is 0 Å². The maximum Gasteiger partial charge on any atom is 0.220 e. The third-order valence-corrected chi connectivity index (χ3v) is 3.13. The standard InChI is InChI=1S/C10H20N2OS/c1-14-5-3-2-4-12-10(13)6-9-7-11-8-9/h9,11H,2-8H2,1H3,(H,12,13). The van der Waals surface area contributed by atoms with Gasteiger partial charge in [0.05, 0.1) is 0 Å². The summed E-state index contributed by atoms with van der Waals surface area (Å²) in [6.07, 6.45) is 5.12. The van der Waals surface area contributed by atoms with Crippen LogP contribution >= 0.6 is 11.8 Å². The summed E-state index contributed by atoms with van der Waals surface area (Å²) < 4.78 is 0. The first kappa shape index (κ1) is 11.9. The molecule has 1 aliphatic heterocycles. The number of nitrogens with one attached hydrogen (secondary N) is 2. The largest absolute Gasteiger partial charge is 0.356 e. The zero-order chi connectivity index (χ0) is 10.2. The van der Waals surface area contributed by atoms with Crippen molar-refractivity contribution in [3.05, 3.63) is 0 Å². The Hall–Kier alpha value is -0.220. The van der Waals surface area contributed by atoms with E-state index in [2.05, 4.69) is 16.9 Å². The van der Waals surface area contributed by atoms with Gasteiger partial charge in [0.25, 0.3) is 0 Å². The Balaban J connectivity index is 1.87. The van der Waals surface area contributed by atoms with Crippen LogP contribution in [0.25, 0.3) is 0 Å². The van der Waals surface area contributed by atoms with Gasteiger partial charge >= 0.3 is 0 Å². The van der Waals surface area contributed by atoms with Gasteiger partial charge in [0.15, 0.2) is 0 Å². The molecular formula is C10H20N2OS. The fourth-order valence-corrected chi connectivity index (χ4v) is 1.92. The average Bonchev–Trinajstić information content (AvgIpc) is 2.11. The molecule has 0 aromatic carbocycles. The molecule has 0 saturated carbocycles. The second-order valence-corrected chi connectivity index (χ2v) is 4.76. The van der Waals surface area contributed by atoms with Gasteiger partial charge in [0.2, 0.25) is 5.91 Å². The second-order valence-electron chi connectivity index (χ2n) is 3.78. The van der Waals surface area contributed by atoms with Gasteiger partial charge in [-0.05, 0) is 43.9 Å². The Morgan fingerprint density at radius 1 is 1.50 bits per heavy atom. The SMILES string of the molecule is CSCCCCNC(=O)CC1CNC1. The third-order valence-electron chi connectivity index (χ3n) is 2.44. The van der Waals surface area contributed by atoms with Gasteiger partial charge in [-0.1, -0.05) is 0 Å². The highest BCUT2D eigenvalue weighted by molar-refractivity contribution is 7.98. The fraction of sp³-hybridized carbons (Fsp3) is 0.900. The molecule has 0 atom stereocenters. The Morgan fingerprint density at radius 2 is 2.29 bits per heavy atom. The molecule has 0 aliphatic carbocycles. The average molecular weight is 216 g/mol. The minimum absolute atomic E-state index is 0.223. The van der Waals surface area contributed by atoms with Crippen molar-refractivity contribution in [1.29, 1.82) is 0 Å². The molecule has 1 rings (SSSR count). The van der Waals surface area contributed by atoms with E-state index in [1.54, 1.807) is 0 Å². The topological polar surface area (TPSA) is 41.1 Å². The lowest BCUT2D eigenvalue weighted by Gasteiger charge is -2.26. The maximum absolute atomic E-state index is 11.3. The number of carbonyl (C=O) groups is 1. The van der Waals surface area contributed by atoms with Gasteiger partial charge in [0, 0.05) is 13.0 Å².